The van der Waals surface area contributed by atoms with Crippen LogP contribution < -0.4 is 4.74 Å². The van der Waals surface area contributed by atoms with Gasteiger partial charge in [0, 0.05) is 4.88 Å². The van der Waals surface area contributed by atoms with Crippen LogP contribution in [0, 0.1) is 0 Å². The molecule has 0 aliphatic heterocycles. The number of hydrogen-bond donors (Lipinski definition) is 0. The number of ether oxygens (including phenoxy) is 1. The molecule has 3 nitrogen and oxygen atoms in total. The van der Waals surface area contributed by atoms with Crippen LogP contribution >= 0.6 is 22.9 Å². The van der Waals surface area contributed by atoms with Crippen molar-refractivity contribution in [2.45, 2.75) is 26.4 Å². The molecule has 2 aromatic heterocycles. The quantitative estimate of drug-likeness (QED) is 0.632. The van der Waals surface area contributed by atoms with E-state index in [-0.39, 0.29) is 11.4 Å². The van der Waals surface area contributed by atoms with Gasteiger partial charge in [-0.1, -0.05) is 37.3 Å². The van der Waals surface area contributed by atoms with E-state index in [0.29, 0.717) is 5.88 Å². The van der Waals surface area contributed by atoms with Gasteiger partial charge >= 0.3 is 0 Å². The molecule has 0 aliphatic carbocycles. The van der Waals surface area contributed by atoms with Gasteiger partial charge in [0.1, 0.15) is 10.9 Å². The SMILES string of the molecule is CCc1cc2c(OC(C)c3ccccc3)nc(Cl)nc2s1. The smallest absolute Gasteiger partial charge is 0.227 e. The second kappa shape index (κ2) is 6.00. The summed E-state index contributed by atoms with van der Waals surface area (Å²) in [7, 11) is 0. The maximum Gasteiger partial charge on any atom is 0.227 e. The van der Waals surface area contributed by atoms with Gasteiger partial charge in [0.2, 0.25) is 11.2 Å². The summed E-state index contributed by atoms with van der Waals surface area (Å²) in [6.07, 6.45) is 0.872. The molecule has 0 amide bonds. The monoisotopic (exact) mass is 318 g/mol. The Morgan fingerprint density at radius 3 is 2.71 bits per heavy atom. The van der Waals surface area contributed by atoms with Crippen LogP contribution in [0.1, 0.15) is 30.4 Å². The van der Waals surface area contributed by atoms with Crippen molar-refractivity contribution in [3.63, 3.8) is 0 Å². The van der Waals surface area contributed by atoms with Gasteiger partial charge in [0.25, 0.3) is 0 Å². The van der Waals surface area contributed by atoms with E-state index in [1.807, 2.05) is 37.3 Å². The minimum atomic E-state index is -0.0923. The minimum absolute atomic E-state index is 0.0923. The molecule has 3 aromatic rings. The van der Waals surface area contributed by atoms with E-state index in [1.54, 1.807) is 11.3 Å². The third kappa shape index (κ3) is 3.01. The molecular formula is C16H15ClN2OS. The fraction of sp³-hybridized carbons (Fsp3) is 0.250. The van der Waals surface area contributed by atoms with Crippen LogP contribution in [-0.2, 0) is 6.42 Å². The van der Waals surface area contributed by atoms with Crippen molar-refractivity contribution in [3.05, 3.63) is 52.1 Å². The first-order valence-corrected chi connectivity index (χ1v) is 8.04. The van der Waals surface area contributed by atoms with Crippen LogP contribution in [-0.4, -0.2) is 9.97 Å². The molecule has 0 N–H and O–H groups in total. The summed E-state index contributed by atoms with van der Waals surface area (Å²) in [4.78, 5) is 10.7. The highest BCUT2D eigenvalue weighted by Gasteiger charge is 2.15. The minimum Gasteiger partial charge on any atom is -0.469 e. The average Bonchev–Trinajstić information content (AvgIpc) is 2.91. The molecule has 5 heteroatoms. The molecular weight excluding hydrogens is 304 g/mol. The lowest BCUT2D eigenvalue weighted by Crippen LogP contribution is -2.04. The van der Waals surface area contributed by atoms with Crippen molar-refractivity contribution < 1.29 is 4.74 Å². The third-order valence-electron chi connectivity index (χ3n) is 3.29. The summed E-state index contributed by atoms with van der Waals surface area (Å²) in [6, 6.07) is 12.1. The van der Waals surface area contributed by atoms with E-state index < -0.39 is 0 Å². The van der Waals surface area contributed by atoms with E-state index in [4.69, 9.17) is 16.3 Å². The highest BCUT2D eigenvalue weighted by Crippen LogP contribution is 2.33. The topological polar surface area (TPSA) is 35.0 Å². The second-order valence-electron chi connectivity index (χ2n) is 4.75. The lowest BCUT2D eigenvalue weighted by molar-refractivity contribution is 0.220. The summed E-state index contributed by atoms with van der Waals surface area (Å²) in [5.74, 6) is 0.553. The molecule has 1 unspecified atom stereocenters. The zero-order chi connectivity index (χ0) is 14.8. The van der Waals surface area contributed by atoms with E-state index >= 15 is 0 Å². The zero-order valence-corrected chi connectivity index (χ0v) is 13.4. The Hall–Kier alpha value is -1.65. The standard InChI is InChI=1S/C16H15ClN2OS/c1-3-12-9-13-14(18-16(17)19-15(13)21-12)20-10(2)11-7-5-4-6-8-11/h4-10H,3H2,1-2H3. The molecule has 0 aliphatic rings. The van der Waals surface area contributed by atoms with Crippen LogP contribution in [0.25, 0.3) is 10.2 Å². The first kappa shape index (κ1) is 14.3. The number of thiophene rings is 1. The molecule has 0 spiro atoms. The summed E-state index contributed by atoms with van der Waals surface area (Å²) < 4.78 is 6.02. The predicted molar refractivity (Wildman–Crippen MR) is 87.3 cm³/mol. The van der Waals surface area contributed by atoms with Gasteiger partial charge in [0.15, 0.2) is 0 Å². The maximum atomic E-state index is 6.02. The summed E-state index contributed by atoms with van der Waals surface area (Å²) in [5, 5.41) is 1.16. The molecule has 0 fully saturated rings. The van der Waals surface area contributed by atoms with E-state index in [1.165, 1.54) is 4.88 Å². The Labute approximate surface area is 132 Å². The van der Waals surface area contributed by atoms with Gasteiger partial charge in [-0.15, -0.1) is 11.3 Å². The molecule has 2 heterocycles. The number of aromatic nitrogens is 2. The molecule has 0 saturated carbocycles. The Bertz CT molecular complexity index is 758. The van der Waals surface area contributed by atoms with Gasteiger partial charge < -0.3 is 4.74 Å². The first-order valence-electron chi connectivity index (χ1n) is 6.85. The van der Waals surface area contributed by atoms with Crippen molar-refractivity contribution in [2.75, 3.05) is 0 Å². The highest BCUT2D eigenvalue weighted by atomic mass is 35.5. The van der Waals surface area contributed by atoms with Gasteiger partial charge in [-0.2, -0.15) is 4.98 Å². The van der Waals surface area contributed by atoms with Gasteiger partial charge in [-0.3, -0.25) is 0 Å². The van der Waals surface area contributed by atoms with Gasteiger partial charge in [-0.05, 0) is 36.6 Å². The number of hydrogen-bond acceptors (Lipinski definition) is 4. The van der Waals surface area contributed by atoms with E-state index in [0.717, 1.165) is 22.2 Å². The molecule has 21 heavy (non-hydrogen) atoms. The predicted octanol–water partition coefficient (Wildman–Crippen LogP) is 5.05. The van der Waals surface area contributed by atoms with Crippen molar-refractivity contribution in [1.82, 2.24) is 9.97 Å². The number of aryl methyl sites for hydroxylation is 1. The Balaban J connectivity index is 1.98. The molecule has 0 saturated heterocycles. The zero-order valence-electron chi connectivity index (χ0n) is 11.8. The van der Waals surface area contributed by atoms with Gasteiger partial charge in [0.05, 0.1) is 5.39 Å². The second-order valence-corrected chi connectivity index (χ2v) is 6.21. The normalized spacial score (nSPS) is 12.5. The maximum absolute atomic E-state index is 6.02. The number of rotatable bonds is 4. The summed E-state index contributed by atoms with van der Waals surface area (Å²) in [5.41, 5.74) is 1.10. The molecule has 108 valence electrons. The fourth-order valence-corrected chi connectivity index (χ4v) is 3.31. The summed E-state index contributed by atoms with van der Waals surface area (Å²) >= 11 is 7.64. The van der Waals surface area contributed by atoms with Gasteiger partial charge in [-0.25, -0.2) is 4.98 Å². The summed E-state index contributed by atoms with van der Waals surface area (Å²) in [6.45, 7) is 4.12. The van der Waals surface area contributed by atoms with Crippen LogP contribution in [0.5, 0.6) is 5.88 Å². The Kier molecular flexibility index (Phi) is 4.08. The van der Waals surface area contributed by atoms with Crippen molar-refractivity contribution >= 4 is 33.2 Å². The Morgan fingerprint density at radius 2 is 2.00 bits per heavy atom. The van der Waals surface area contributed by atoms with Crippen LogP contribution in [0.4, 0.5) is 0 Å². The highest BCUT2D eigenvalue weighted by molar-refractivity contribution is 7.18. The first-order chi connectivity index (χ1) is 10.2. The molecule has 0 radical (unpaired) electrons. The number of halogens is 1. The number of fused-ring (bicyclic) bond motifs is 1. The van der Waals surface area contributed by atoms with Crippen LogP contribution in [0.3, 0.4) is 0 Å². The lowest BCUT2D eigenvalue weighted by atomic mass is 10.1. The van der Waals surface area contributed by atoms with Crippen molar-refractivity contribution in [3.8, 4) is 5.88 Å². The number of nitrogens with zero attached hydrogens (tertiary/aromatic N) is 2. The fourth-order valence-electron chi connectivity index (χ4n) is 2.14. The molecule has 1 atom stereocenters. The Morgan fingerprint density at radius 1 is 1.24 bits per heavy atom. The van der Waals surface area contributed by atoms with Crippen molar-refractivity contribution in [1.29, 1.82) is 0 Å². The van der Waals surface area contributed by atoms with Crippen LogP contribution in [0.2, 0.25) is 5.28 Å². The largest absolute Gasteiger partial charge is 0.469 e. The molecule has 3 rings (SSSR count). The average molecular weight is 319 g/mol. The number of benzene rings is 1. The molecule has 0 bridgehead atoms. The lowest BCUT2D eigenvalue weighted by Gasteiger charge is -2.14. The third-order valence-corrected chi connectivity index (χ3v) is 4.63. The van der Waals surface area contributed by atoms with E-state index in [2.05, 4.69) is 23.0 Å². The van der Waals surface area contributed by atoms with Crippen LogP contribution in [0.15, 0.2) is 36.4 Å². The molecule has 1 aromatic carbocycles. The van der Waals surface area contributed by atoms with Crippen molar-refractivity contribution in [2.24, 2.45) is 0 Å². The van der Waals surface area contributed by atoms with E-state index in [9.17, 15) is 0 Å².